The minimum Gasteiger partial charge on any atom is -0.490 e. The van der Waals surface area contributed by atoms with E-state index in [1.807, 2.05) is 39.0 Å². The monoisotopic (exact) mass is 424 g/mol. The van der Waals surface area contributed by atoms with Gasteiger partial charge in [0.15, 0.2) is 11.5 Å². The average Bonchev–Trinajstić information content (AvgIpc) is 2.66. The van der Waals surface area contributed by atoms with E-state index in [-0.39, 0.29) is 11.9 Å². The minimum absolute atomic E-state index is 0.0783. The summed E-state index contributed by atoms with van der Waals surface area (Å²) in [4.78, 5) is 12.5. The molecule has 0 aliphatic carbocycles. The second-order valence-electron chi connectivity index (χ2n) is 6.30. The first-order chi connectivity index (χ1) is 13.3. The number of ether oxygens (including phenoxy) is 2. The topological polar surface area (TPSA) is 59.6 Å². The highest BCUT2D eigenvalue weighted by molar-refractivity contribution is 6.35. The third-order valence-electron chi connectivity index (χ3n) is 4.15. The van der Waals surface area contributed by atoms with E-state index < -0.39 is 6.04 Å². The van der Waals surface area contributed by atoms with Gasteiger partial charge in [0, 0.05) is 11.1 Å². The lowest BCUT2D eigenvalue weighted by Crippen LogP contribution is -2.39. The molecule has 0 spiro atoms. The number of rotatable bonds is 9. The quantitative estimate of drug-likeness (QED) is 0.560. The number of anilines is 1. The zero-order chi connectivity index (χ0) is 20.7. The van der Waals surface area contributed by atoms with E-state index >= 15 is 0 Å². The maximum Gasteiger partial charge on any atom is 0.241 e. The minimum atomic E-state index is -0.452. The molecule has 2 rings (SSSR count). The standard InChI is InChI=1S/C21H26Cl2N2O3/c1-5-27-19-10-7-15(11-20(19)28-6-2)13(3)24-14(4)21(26)25-18-12-16(22)8-9-17(18)23/h7-14,24H,5-6H2,1-4H3,(H,25,26)/t13-,14-/m1/s1. The summed E-state index contributed by atoms with van der Waals surface area (Å²) in [6.45, 7) is 8.75. The van der Waals surface area contributed by atoms with Crippen LogP contribution >= 0.6 is 23.2 Å². The van der Waals surface area contributed by atoms with Crippen molar-refractivity contribution in [2.45, 2.75) is 39.8 Å². The molecule has 0 radical (unpaired) electrons. The van der Waals surface area contributed by atoms with Gasteiger partial charge >= 0.3 is 0 Å². The molecule has 0 bridgehead atoms. The fraction of sp³-hybridized carbons (Fsp3) is 0.381. The van der Waals surface area contributed by atoms with Gasteiger partial charge in [-0.05, 0) is 63.6 Å². The molecule has 2 aromatic rings. The van der Waals surface area contributed by atoms with Crippen LogP contribution in [0.25, 0.3) is 0 Å². The Hall–Kier alpha value is -1.95. The number of amides is 1. The highest BCUT2D eigenvalue weighted by Gasteiger charge is 2.18. The lowest BCUT2D eigenvalue weighted by molar-refractivity contribution is -0.117. The molecule has 0 aromatic heterocycles. The second-order valence-corrected chi connectivity index (χ2v) is 7.14. The number of hydrogen-bond acceptors (Lipinski definition) is 4. The van der Waals surface area contributed by atoms with E-state index in [1.165, 1.54) is 0 Å². The van der Waals surface area contributed by atoms with Crippen LogP contribution in [0.3, 0.4) is 0 Å². The average molecular weight is 425 g/mol. The van der Waals surface area contributed by atoms with Crippen molar-refractivity contribution in [3.05, 3.63) is 52.0 Å². The Bertz CT molecular complexity index is 814. The van der Waals surface area contributed by atoms with Crippen LogP contribution in [0.5, 0.6) is 11.5 Å². The van der Waals surface area contributed by atoms with Crippen molar-refractivity contribution in [1.82, 2.24) is 5.32 Å². The van der Waals surface area contributed by atoms with Gasteiger partial charge < -0.3 is 14.8 Å². The van der Waals surface area contributed by atoms with Crippen LogP contribution in [0.4, 0.5) is 5.69 Å². The molecule has 2 N–H and O–H groups in total. The lowest BCUT2D eigenvalue weighted by atomic mass is 10.1. The lowest BCUT2D eigenvalue weighted by Gasteiger charge is -2.21. The van der Waals surface area contributed by atoms with Crippen LogP contribution in [-0.2, 0) is 4.79 Å². The predicted octanol–water partition coefficient (Wildman–Crippen LogP) is 5.47. The van der Waals surface area contributed by atoms with Gasteiger partial charge in [0.05, 0.1) is 30.0 Å². The van der Waals surface area contributed by atoms with Gasteiger partial charge in [-0.1, -0.05) is 29.3 Å². The molecular weight excluding hydrogens is 399 g/mol. The van der Waals surface area contributed by atoms with Crippen molar-refractivity contribution in [3.63, 3.8) is 0 Å². The van der Waals surface area contributed by atoms with Crippen molar-refractivity contribution >= 4 is 34.8 Å². The number of halogens is 2. The van der Waals surface area contributed by atoms with Crippen molar-refractivity contribution in [1.29, 1.82) is 0 Å². The van der Waals surface area contributed by atoms with Crippen molar-refractivity contribution < 1.29 is 14.3 Å². The molecule has 5 nitrogen and oxygen atoms in total. The number of carbonyl (C=O) groups is 1. The molecule has 0 unspecified atom stereocenters. The van der Waals surface area contributed by atoms with Crippen LogP contribution in [0.1, 0.15) is 39.3 Å². The van der Waals surface area contributed by atoms with Gasteiger partial charge in [0.2, 0.25) is 5.91 Å². The predicted molar refractivity (Wildman–Crippen MR) is 115 cm³/mol. The van der Waals surface area contributed by atoms with Gasteiger partial charge in [-0.15, -0.1) is 0 Å². The number of carbonyl (C=O) groups excluding carboxylic acids is 1. The Morgan fingerprint density at radius 2 is 1.68 bits per heavy atom. The fourth-order valence-electron chi connectivity index (χ4n) is 2.72. The van der Waals surface area contributed by atoms with Crippen LogP contribution < -0.4 is 20.1 Å². The van der Waals surface area contributed by atoms with Crippen molar-refractivity contribution in [2.75, 3.05) is 18.5 Å². The maximum absolute atomic E-state index is 12.5. The summed E-state index contributed by atoms with van der Waals surface area (Å²) in [6.07, 6.45) is 0. The largest absolute Gasteiger partial charge is 0.490 e. The molecule has 0 heterocycles. The molecule has 1 amide bonds. The Kier molecular flexibility index (Phi) is 8.42. The number of benzene rings is 2. The van der Waals surface area contributed by atoms with E-state index in [1.54, 1.807) is 25.1 Å². The summed E-state index contributed by atoms with van der Waals surface area (Å²) < 4.78 is 11.3. The third-order valence-corrected chi connectivity index (χ3v) is 4.71. The number of hydrogen-bond donors (Lipinski definition) is 2. The van der Waals surface area contributed by atoms with E-state index in [2.05, 4.69) is 10.6 Å². The molecule has 0 aliphatic heterocycles. The van der Waals surface area contributed by atoms with E-state index in [4.69, 9.17) is 32.7 Å². The Morgan fingerprint density at radius 1 is 1.00 bits per heavy atom. The normalized spacial score (nSPS) is 12.9. The fourth-order valence-corrected chi connectivity index (χ4v) is 3.06. The highest BCUT2D eigenvalue weighted by atomic mass is 35.5. The van der Waals surface area contributed by atoms with Crippen molar-refractivity contribution in [2.24, 2.45) is 0 Å². The van der Waals surface area contributed by atoms with Gasteiger partial charge in [-0.3, -0.25) is 10.1 Å². The second kappa shape index (κ2) is 10.6. The van der Waals surface area contributed by atoms with Gasteiger partial charge in [-0.25, -0.2) is 0 Å². The summed E-state index contributed by atoms with van der Waals surface area (Å²) in [7, 11) is 0. The first-order valence-corrected chi connectivity index (χ1v) is 10.0. The Morgan fingerprint density at radius 3 is 2.36 bits per heavy atom. The van der Waals surface area contributed by atoms with Crippen LogP contribution in [0.15, 0.2) is 36.4 Å². The zero-order valence-corrected chi connectivity index (χ0v) is 18.0. The molecule has 152 valence electrons. The van der Waals surface area contributed by atoms with Gasteiger partial charge in [0.1, 0.15) is 0 Å². The molecule has 2 atom stereocenters. The molecule has 7 heteroatoms. The van der Waals surface area contributed by atoms with E-state index in [9.17, 15) is 4.79 Å². The molecule has 28 heavy (non-hydrogen) atoms. The zero-order valence-electron chi connectivity index (χ0n) is 16.5. The molecule has 0 saturated heterocycles. The summed E-state index contributed by atoms with van der Waals surface area (Å²) in [5.41, 5.74) is 1.48. The van der Waals surface area contributed by atoms with Gasteiger partial charge in [0.25, 0.3) is 0 Å². The number of nitrogens with one attached hydrogen (secondary N) is 2. The summed E-state index contributed by atoms with van der Waals surface area (Å²) in [6, 6.07) is 10.2. The van der Waals surface area contributed by atoms with Crippen LogP contribution in [0, 0.1) is 0 Å². The molecule has 0 fully saturated rings. The smallest absolute Gasteiger partial charge is 0.241 e. The summed E-state index contributed by atoms with van der Waals surface area (Å²) in [5.74, 6) is 1.20. The SMILES string of the molecule is CCOc1ccc([C@@H](C)N[C@H](C)C(=O)Nc2cc(Cl)ccc2Cl)cc1OCC. The summed E-state index contributed by atoms with van der Waals surface area (Å²) >= 11 is 12.1. The van der Waals surface area contributed by atoms with E-state index in [0.29, 0.717) is 40.4 Å². The first-order valence-electron chi connectivity index (χ1n) is 9.27. The Labute approximate surface area is 176 Å². The van der Waals surface area contributed by atoms with Crippen molar-refractivity contribution in [3.8, 4) is 11.5 Å². The third kappa shape index (κ3) is 6.03. The van der Waals surface area contributed by atoms with E-state index in [0.717, 1.165) is 5.56 Å². The first kappa shape index (κ1) is 22.3. The molecular formula is C21H26Cl2N2O3. The van der Waals surface area contributed by atoms with Crippen LogP contribution in [-0.4, -0.2) is 25.2 Å². The highest BCUT2D eigenvalue weighted by Crippen LogP contribution is 2.31. The molecule has 0 aliphatic rings. The van der Waals surface area contributed by atoms with Crippen LogP contribution in [0.2, 0.25) is 10.0 Å². The molecule has 0 saturated carbocycles. The maximum atomic E-state index is 12.5. The van der Waals surface area contributed by atoms with Gasteiger partial charge in [-0.2, -0.15) is 0 Å². The molecule has 2 aromatic carbocycles. The Balaban J connectivity index is 2.06. The summed E-state index contributed by atoms with van der Waals surface area (Å²) in [5, 5.41) is 7.03.